The van der Waals surface area contributed by atoms with Gasteiger partial charge in [-0.25, -0.2) is 0 Å². The monoisotopic (exact) mass is 408 g/mol. The van der Waals surface area contributed by atoms with E-state index >= 15 is 0 Å². The van der Waals surface area contributed by atoms with Crippen molar-refractivity contribution < 1.29 is 0 Å². The molecular weight excluding hydrogens is 395 g/mol. The number of halogens is 2. The lowest BCUT2D eigenvalue weighted by Gasteiger charge is -2.25. The lowest BCUT2D eigenvalue weighted by Crippen LogP contribution is -2.30. The first-order valence-electron chi connectivity index (χ1n) is 7.01. The second kappa shape index (κ2) is 5.30. The van der Waals surface area contributed by atoms with Gasteiger partial charge in [0.2, 0.25) is 0 Å². The van der Waals surface area contributed by atoms with Crippen molar-refractivity contribution in [3.05, 3.63) is 67.9 Å². The van der Waals surface area contributed by atoms with Crippen LogP contribution < -0.4 is 5.32 Å². The fourth-order valence-corrected chi connectivity index (χ4v) is 3.67. The Morgan fingerprint density at radius 2 is 1.90 bits per heavy atom. The summed E-state index contributed by atoms with van der Waals surface area (Å²) < 4.78 is 1.26. The number of H-pyrrole nitrogens is 1. The van der Waals surface area contributed by atoms with E-state index in [-0.39, 0.29) is 6.04 Å². The summed E-state index contributed by atoms with van der Waals surface area (Å²) in [6.07, 6.45) is 1.04. The number of fused-ring (bicyclic) bond motifs is 3. The summed E-state index contributed by atoms with van der Waals surface area (Å²) in [5, 5.41) is 5.68. The first-order chi connectivity index (χ1) is 10.2. The van der Waals surface area contributed by atoms with Crippen LogP contribution in [0.1, 0.15) is 22.9 Å². The molecule has 4 rings (SSSR count). The summed E-state index contributed by atoms with van der Waals surface area (Å²) in [7, 11) is 0. The van der Waals surface area contributed by atoms with E-state index in [1.54, 1.807) is 0 Å². The maximum Gasteiger partial charge on any atom is 0.0732 e. The Bertz CT molecular complexity index is 808. The zero-order chi connectivity index (χ0) is 14.4. The molecule has 0 amide bonds. The zero-order valence-corrected chi connectivity index (χ0v) is 14.2. The standard InChI is InChI=1S/C17H14ClIN2/c18-11-3-6-15-14(9-11)13-7-8-20-16(17(13)21-15)10-1-4-12(19)5-2-10/h1-6,9,16,20-21H,7-8H2. The number of nitrogens with one attached hydrogen (secondary N) is 2. The third-order valence-corrected chi connectivity index (χ3v) is 5.07. The van der Waals surface area contributed by atoms with Gasteiger partial charge in [-0.1, -0.05) is 23.7 Å². The molecule has 1 unspecified atom stereocenters. The highest BCUT2D eigenvalue weighted by atomic mass is 127. The fourth-order valence-electron chi connectivity index (χ4n) is 3.14. The molecule has 2 nitrogen and oxygen atoms in total. The molecule has 0 radical (unpaired) electrons. The predicted octanol–water partition coefficient (Wildman–Crippen LogP) is 4.66. The number of rotatable bonds is 1. The van der Waals surface area contributed by atoms with Crippen LogP contribution in [0.25, 0.3) is 10.9 Å². The van der Waals surface area contributed by atoms with E-state index in [1.165, 1.54) is 31.3 Å². The van der Waals surface area contributed by atoms with Crippen molar-refractivity contribution in [3.63, 3.8) is 0 Å². The molecule has 0 saturated heterocycles. The molecular formula is C17H14ClIN2. The molecule has 106 valence electrons. The minimum Gasteiger partial charge on any atom is -0.357 e. The molecule has 1 aromatic heterocycles. The highest BCUT2D eigenvalue weighted by molar-refractivity contribution is 14.1. The lowest BCUT2D eigenvalue weighted by molar-refractivity contribution is 0.560. The Morgan fingerprint density at radius 1 is 1.10 bits per heavy atom. The molecule has 0 spiro atoms. The smallest absolute Gasteiger partial charge is 0.0732 e. The molecule has 3 aromatic rings. The molecule has 2 heterocycles. The van der Waals surface area contributed by atoms with E-state index < -0.39 is 0 Å². The maximum atomic E-state index is 6.16. The Kier molecular flexibility index (Phi) is 3.44. The minimum atomic E-state index is 0.233. The minimum absolute atomic E-state index is 0.233. The van der Waals surface area contributed by atoms with Crippen LogP contribution in [0.15, 0.2) is 42.5 Å². The summed E-state index contributed by atoms with van der Waals surface area (Å²) in [6, 6.07) is 15.0. The van der Waals surface area contributed by atoms with Crippen LogP contribution >= 0.6 is 34.2 Å². The number of aromatic amines is 1. The van der Waals surface area contributed by atoms with Gasteiger partial charge < -0.3 is 10.3 Å². The Balaban J connectivity index is 1.88. The summed E-state index contributed by atoms with van der Waals surface area (Å²) in [4.78, 5) is 3.58. The Hall–Kier alpha value is -1.04. The Labute approximate surface area is 142 Å². The van der Waals surface area contributed by atoms with E-state index in [2.05, 4.69) is 69.3 Å². The van der Waals surface area contributed by atoms with Gasteiger partial charge in [0.15, 0.2) is 0 Å². The normalized spacial score (nSPS) is 17.9. The zero-order valence-electron chi connectivity index (χ0n) is 11.3. The van der Waals surface area contributed by atoms with Crippen molar-refractivity contribution in [1.82, 2.24) is 10.3 Å². The van der Waals surface area contributed by atoms with Gasteiger partial charge in [-0.3, -0.25) is 0 Å². The van der Waals surface area contributed by atoms with E-state index in [1.807, 2.05) is 6.07 Å². The van der Waals surface area contributed by atoms with Crippen molar-refractivity contribution in [2.24, 2.45) is 0 Å². The molecule has 1 atom stereocenters. The number of hydrogen-bond acceptors (Lipinski definition) is 1. The van der Waals surface area contributed by atoms with Crippen LogP contribution in [-0.4, -0.2) is 11.5 Å². The molecule has 4 heteroatoms. The SMILES string of the molecule is Clc1ccc2[nH]c3c(c2c1)CCNC3c1ccc(I)cc1. The van der Waals surface area contributed by atoms with Crippen molar-refractivity contribution in [3.8, 4) is 0 Å². The average molecular weight is 409 g/mol. The summed E-state index contributed by atoms with van der Waals surface area (Å²) >= 11 is 8.50. The quantitative estimate of drug-likeness (QED) is 0.563. The van der Waals surface area contributed by atoms with E-state index in [9.17, 15) is 0 Å². The third-order valence-electron chi connectivity index (χ3n) is 4.12. The molecule has 1 aliphatic rings. The van der Waals surface area contributed by atoms with E-state index in [0.717, 1.165) is 18.0 Å². The van der Waals surface area contributed by atoms with Crippen LogP contribution in [0.5, 0.6) is 0 Å². The van der Waals surface area contributed by atoms with Crippen molar-refractivity contribution in [2.45, 2.75) is 12.5 Å². The first-order valence-corrected chi connectivity index (χ1v) is 8.47. The molecule has 2 aromatic carbocycles. The molecule has 1 aliphatic heterocycles. The number of aromatic nitrogens is 1. The summed E-state index contributed by atoms with van der Waals surface area (Å²) in [5.41, 5.74) is 5.15. The van der Waals surface area contributed by atoms with Crippen molar-refractivity contribution >= 4 is 45.1 Å². The molecule has 0 saturated carbocycles. The van der Waals surface area contributed by atoms with Gasteiger partial charge >= 0.3 is 0 Å². The average Bonchev–Trinajstić information content (AvgIpc) is 2.86. The van der Waals surface area contributed by atoms with Crippen LogP contribution in [0.2, 0.25) is 5.02 Å². The number of hydrogen-bond donors (Lipinski definition) is 2. The lowest BCUT2D eigenvalue weighted by atomic mass is 9.94. The van der Waals surface area contributed by atoms with E-state index in [0.29, 0.717) is 0 Å². The maximum absolute atomic E-state index is 6.16. The molecule has 21 heavy (non-hydrogen) atoms. The number of benzene rings is 2. The predicted molar refractivity (Wildman–Crippen MR) is 96.0 cm³/mol. The van der Waals surface area contributed by atoms with Gasteiger partial charge in [-0.05, 0) is 70.5 Å². The molecule has 0 fully saturated rings. The fraction of sp³-hybridized carbons (Fsp3) is 0.176. The van der Waals surface area contributed by atoms with Gasteiger partial charge in [-0.2, -0.15) is 0 Å². The summed E-state index contributed by atoms with van der Waals surface area (Å²) in [6.45, 7) is 0.989. The second-order valence-electron chi connectivity index (χ2n) is 5.40. The van der Waals surface area contributed by atoms with Crippen molar-refractivity contribution in [1.29, 1.82) is 0 Å². The van der Waals surface area contributed by atoms with Crippen molar-refractivity contribution in [2.75, 3.05) is 6.54 Å². The summed E-state index contributed by atoms with van der Waals surface area (Å²) in [5.74, 6) is 0. The van der Waals surface area contributed by atoms with Crippen LogP contribution in [0.3, 0.4) is 0 Å². The first kappa shape index (κ1) is 13.6. The van der Waals surface area contributed by atoms with Gasteiger partial charge in [0.25, 0.3) is 0 Å². The van der Waals surface area contributed by atoms with Crippen LogP contribution in [-0.2, 0) is 6.42 Å². The van der Waals surface area contributed by atoms with Gasteiger partial charge in [0, 0.05) is 31.7 Å². The van der Waals surface area contributed by atoms with Crippen LogP contribution in [0, 0.1) is 3.57 Å². The highest BCUT2D eigenvalue weighted by Gasteiger charge is 2.25. The highest BCUT2D eigenvalue weighted by Crippen LogP contribution is 2.34. The molecule has 0 bridgehead atoms. The molecule has 0 aliphatic carbocycles. The van der Waals surface area contributed by atoms with Crippen LogP contribution in [0.4, 0.5) is 0 Å². The van der Waals surface area contributed by atoms with Gasteiger partial charge in [-0.15, -0.1) is 0 Å². The second-order valence-corrected chi connectivity index (χ2v) is 7.08. The topological polar surface area (TPSA) is 27.8 Å². The largest absolute Gasteiger partial charge is 0.357 e. The Morgan fingerprint density at radius 3 is 2.71 bits per heavy atom. The van der Waals surface area contributed by atoms with E-state index in [4.69, 9.17) is 11.6 Å². The molecule has 2 N–H and O–H groups in total. The third kappa shape index (κ3) is 2.37. The van der Waals surface area contributed by atoms with Gasteiger partial charge in [0.05, 0.1) is 6.04 Å². The van der Waals surface area contributed by atoms with Gasteiger partial charge in [0.1, 0.15) is 0 Å².